The van der Waals surface area contributed by atoms with Crippen molar-refractivity contribution in [1.82, 2.24) is 4.90 Å². The molecule has 0 saturated heterocycles. The van der Waals surface area contributed by atoms with Crippen LogP contribution in [0.3, 0.4) is 0 Å². The monoisotopic (exact) mass is 284 g/mol. The molecule has 0 atom stereocenters. The van der Waals surface area contributed by atoms with E-state index in [-0.39, 0.29) is 18.3 Å². The minimum Gasteiger partial charge on any atom is -0.393 e. The number of hydrogen-bond acceptors (Lipinski definition) is 3. The summed E-state index contributed by atoms with van der Waals surface area (Å²) in [5, 5.41) is 0. The van der Waals surface area contributed by atoms with Crippen LogP contribution in [0.5, 0.6) is 0 Å². The van der Waals surface area contributed by atoms with E-state index in [0.717, 1.165) is 5.56 Å². The van der Waals surface area contributed by atoms with Crippen molar-refractivity contribution >= 4 is 23.1 Å². The first kappa shape index (κ1) is 15.5. The number of hydrogen-bond donors (Lipinski definition) is 1. The lowest BCUT2D eigenvalue weighted by Gasteiger charge is -2.22. The van der Waals surface area contributed by atoms with Gasteiger partial charge in [0.25, 0.3) is 0 Å². The lowest BCUT2D eigenvalue weighted by Crippen LogP contribution is -2.35. The topological polar surface area (TPSA) is 55.6 Å². The molecule has 0 aromatic heterocycles. The van der Waals surface area contributed by atoms with Crippen molar-refractivity contribution in [2.45, 2.75) is 13.0 Å². The zero-order chi connectivity index (χ0) is 14.3. The number of nitrogens with two attached hydrogens (primary N) is 1. The molecule has 0 bridgehead atoms. The predicted molar refractivity (Wildman–Crippen MR) is 75.1 cm³/mol. The van der Waals surface area contributed by atoms with E-state index in [9.17, 15) is 9.18 Å². The Hall–Kier alpha value is -1.53. The van der Waals surface area contributed by atoms with E-state index in [4.69, 9.17) is 22.7 Å². The Morgan fingerprint density at radius 2 is 2.05 bits per heavy atom. The summed E-state index contributed by atoms with van der Waals surface area (Å²) >= 11 is 4.81. The summed E-state index contributed by atoms with van der Waals surface area (Å²) in [6.07, 6.45) is 0.450. The number of benzene rings is 1. The van der Waals surface area contributed by atoms with Crippen LogP contribution < -0.4 is 5.73 Å². The van der Waals surface area contributed by atoms with Gasteiger partial charge >= 0.3 is 0 Å². The highest BCUT2D eigenvalue weighted by Gasteiger charge is 2.13. The van der Waals surface area contributed by atoms with Gasteiger partial charge in [0.05, 0.1) is 4.99 Å². The fourth-order valence-corrected chi connectivity index (χ4v) is 1.65. The van der Waals surface area contributed by atoms with Crippen LogP contribution in [0.4, 0.5) is 4.39 Å². The zero-order valence-electron chi connectivity index (χ0n) is 10.8. The molecule has 104 valence electrons. The number of carbonyl (C=O) groups is 1. The molecule has 19 heavy (non-hydrogen) atoms. The lowest BCUT2D eigenvalue weighted by molar-refractivity contribution is -0.135. The molecule has 1 amide bonds. The van der Waals surface area contributed by atoms with E-state index < -0.39 is 0 Å². The summed E-state index contributed by atoms with van der Waals surface area (Å²) in [4.78, 5) is 13.8. The van der Waals surface area contributed by atoms with Crippen LogP contribution in [0.1, 0.15) is 12.0 Å². The average molecular weight is 284 g/mol. The van der Waals surface area contributed by atoms with Gasteiger partial charge in [-0.1, -0.05) is 24.4 Å². The quantitative estimate of drug-likeness (QED) is 0.771. The first-order chi connectivity index (χ1) is 9.02. The summed E-state index contributed by atoms with van der Waals surface area (Å²) in [5.41, 5.74) is 6.28. The lowest BCUT2D eigenvalue weighted by atomic mass is 10.2. The molecule has 6 heteroatoms. The van der Waals surface area contributed by atoms with E-state index in [2.05, 4.69) is 0 Å². The van der Waals surface area contributed by atoms with Crippen molar-refractivity contribution in [3.63, 3.8) is 0 Å². The zero-order valence-corrected chi connectivity index (χ0v) is 11.6. The molecule has 0 saturated carbocycles. The molecule has 0 aliphatic carbocycles. The van der Waals surface area contributed by atoms with Gasteiger partial charge in [-0.3, -0.25) is 4.79 Å². The third-order valence-electron chi connectivity index (χ3n) is 2.54. The van der Waals surface area contributed by atoms with Crippen LogP contribution in [0.25, 0.3) is 0 Å². The van der Waals surface area contributed by atoms with E-state index >= 15 is 0 Å². The van der Waals surface area contributed by atoms with Gasteiger partial charge in [-0.2, -0.15) is 0 Å². The highest BCUT2D eigenvalue weighted by Crippen LogP contribution is 2.08. The summed E-state index contributed by atoms with van der Waals surface area (Å²) in [5.74, 6) is -0.454. The van der Waals surface area contributed by atoms with Crippen LogP contribution in [-0.2, 0) is 16.1 Å². The summed E-state index contributed by atoms with van der Waals surface area (Å²) in [6.45, 7) is 0.804. The van der Waals surface area contributed by atoms with Crippen LogP contribution >= 0.6 is 12.2 Å². The molecule has 0 spiro atoms. The summed E-state index contributed by atoms with van der Waals surface area (Å²) in [6, 6.07) is 6.01. The minimum atomic E-state index is -0.304. The Kier molecular flexibility index (Phi) is 6.38. The minimum absolute atomic E-state index is 0.00146. The van der Waals surface area contributed by atoms with Crippen LogP contribution in [-0.4, -0.2) is 36.1 Å². The highest BCUT2D eigenvalue weighted by molar-refractivity contribution is 7.80. The fourth-order valence-electron chi connectivity index (χ4n) is 1.56. The van der Waals surface area contributed by atoms with Crippen molar-refractivity contribution in [3.8, 4) is 0 Å². The van der Waals surface area contributed by atoms with Crippen molar-refractivity contribution in [2.75, 3.05) is 20.3 Å². The van der Waals surface area contributed by atoms with E-state index in [1.807, 2.05) is 0 Å². The smallest absolute Gasteiger partial charge is 0.248 e. The van der Waals surface area contributed by atoms with Gasteiger partial charge in [0, 0.05) is 26.6 Å². The number of amides is 1. The maximum Gasteiger partial charge on any atom is 0.248 e. The molecule has 1 rings (SSSR count). The van der Waals surface area contributed by atoms with Crippen molar-refractivity contribution in [3.05, 3.63) is 35.6 Å². The summed E-state index contributed by atoms with van der Waals surface area (Å²) in [7, 11) is 1.46. The molecule has 4 nitrogen and oxygen atoms in total. The van der Waals surface area contributed by atoms with Crippen LogP contribution in [0, 0.1) is 5.82 Å². The second kappa shape index (κ2) is 7.81. The SMILES string of the molecule is COCC(=O)N(CCC(N)=S)Cc1ccc(F)cc1. The van der Waals surface area contributed by atoms with Gasteiger partial charge in [-0.05, 0) is 17.7 Å². The second-order valence-electron chi connectivity index (χ2n) is 4.09. The number of carbonyl (C=O) groups excluding carboxylic acids is 1. The standard InChI is InChI=1S/C13H17FN2O2S/c1-18-9-13(17)16(7-6-12(15)19)8-10-2-4-11(14)5-3-10/h2-5H,6-9H2,1H3,(H2,15,19). The van der Waals surface area contributed by atoms with Gasteiger partial charge in [-0.25, -0.2) is 4.39 Å². The first-order valence-electron chi connectivity index (χ1n) is 5.82. The molecule has 1 aromatic rings. The normalized spacial score (nSPS) is 10.2. The Morgan fingerprint density at radius 3 is 2.58 bits per heavy atom. The Morgan fingerprint density at radius 1 is 1.42 bits per heavy atom. The maximum atomic E-state index is 12.8. The molecule has 1 aromatic carbocycles. The molecule has 0 fully saturated rings. The number of thiocarbonyl (C=S) groups is 1. The van der Waals surface area contributed by atoms with Crippen molar-refractivity contribution in [1.29, 1.82) is 0 Å². The van der Waals surface area contributed by atoms with Gasteiger partial charge in [0.2, 0.25) is 5.91 Å². The Balaban J connectivity index is 2.69. The molecule has 0 unspecified atom stereocenters. The van der Waals surface area contributed by atoms with E-state index in [1.54, 1.807) is 17.0 Å². The number of halogens is 1. The van der Waals surface area contributed by atoms with Crippen molar-refractivity contribution < 1.29 is 13.9 Å². The van der Waals surface area contributed by atoms with Gasteiger partial charge < -0.3 is 15.4 Å². The Labute approximate surface area is 117 Å². The van der Waals surface area contributed by atoms with Gasteiger partial charge in [-0.15, -0.1) is 0 Å². The highest BCUT2D eigenvalue weighted by atomic mass is 32.1. The maximum absolute atomic E-state index is 12.8. The number of methoxy groups -OCH3 is 1. The predicted octanol–water partition coefficient (Wildman–Crippen LogP) is 1.48. The summed E-state index contributed by atoms with van der Waals surface area (Å²) < 4.78 is 17.7. The number of rotatable bonds is 7. The van der Waals surface area contributed by atoms with Crippen molar-refractivity contribution in [2.24, 2.45) is 5.73 Å². The first-order valence-corrected chi connectivity index (χ1v) is 6.23. The largest absolute Gasteiger partial charge is 0.393 e. The molecular weight excluding hydrogens is 267 g/mol. The average Bonchev–Trinajstić information content (AvgIpc) is 2.36. The molecule has 0 aliphatic rings. The van der Waals surface area contributed by atoms with E-state index in [1.165, 1.54) is 19.2 Å². The number of nitrogens with zero attached hydrogens (tertiary/aromatic N) is 1. The van der Waals surface area contributed by atoms with E-state index in [0.29, 0.717) is 24.5 Å². The third kappa shape index (κ3) is 5.76. The number of ether oxygens (including phenoxy) is 1. The second-order valence-corrected chi connectivity index (χ2v) is 4.62. The fraction of sp³-hybridized carbons (Fsp3) is 0.385. The molecule has 0 radical (unpaired) electrons. The Bertz CT molecular complexity index is 437. The third-order valence-corrected chi connectivity index (χ3v) is 2.74. The molecule has 0 heterocycles. The molecule has 0 aliphatic heterocycles. The molecule has 2 N–H and O–H groups in total. The van der Waals surface area contributed by atoms with Crippen LogP contribution in [0.15, 0.2) is 24.3 Å². The van der Waals surface area contributed by atoms with Crippen LogP contribution in [0.2, 0.25) is 0 Å². The molecular formula is C13H17FN2O2S. The van der Waals surface area contributed by atoms with Gasteiger partial charge in [0.15, 0.2) is 0 Å². The van der Waals surface area contributed by atoms with Gasteiger partial charge in [0.1, 0.15) is 12.4 Å².